The number of alkyl halides is 1. The lowest BCUT2D eigenvalue weighted by Gasteiger charge is -2.46. The van der Waals surface area contributed by atoms with Crippen LogP contribution in [0.3, 0.4) is 0 Å². The summed E-state index contributed by atoms with van der Waals surface area (Å²) in [6.07, 6.45) is 11.3. The van der Waals surface area contributed by atoms with Crippen molar-refractivity contribution >= 4 is 40.4 Å². The number of aromatic nitrogens is 2. The van der Waals surface area contributed by atoms with Gasteiger partial charge in [0.15, 0.2) is 0 Å². The van der Waals surface area contributed by atoms with E-state index in [4.69, 9.17) is 16.6 Å². The number of likely N-dealkylation sites (tertiary alicyclic amines) is 2. The van der Waals surface area contributed by atoms with Gasteiger partial charge in [-0.1, -0.05) is 66.4 Å². The molecule has 3 aromatic heterocycles. The number of aliphatic hydroxyl groups is 1. The van der Waals surface area contributed by atoms with Gasteiger partial charge in [0, 0.05) is 45.1 Å². The number of hydrogen-bond donors (Lipinski definition) is 2. The Hall–Kier alpha value is -3.91. The normalized spacial score (nSPS) is 26.2. The van der Waals surface area contributed by atoms with Crippen molar-refractivity contribution in [1.29, 1.82) is 5.26 Å². The van der Waals surface area contributed by atoms with Crippen LogP contribution in [0.15, 0.2) is 96.3 Å². The van der Waals surface area contributed by atoms with E-state index in [2.05, 4.69) is 71.4 Å². The van der Waals surface area contributed by atoms with Crippen molar-refractivity contribution in [1.82, 2.24) is 19.2 Å². The van der Waals surface area contributed by atoms with E-state index in [9.17, 15) is 20.3 Å². The molecule has 5 heterocycles. The van der Waals surface area contributed by atoms with E-state index in [1.165, 1.54) is 0 Å². The molecule has 7 rings (SSSR count). The van der Waals surface area contributed by atoms with Crippen LogP contribution in [0.4, 0.5) is 0 Å². The summed E-state index contributed by atoms with van der Waals surface area (Å²) in [5.41, 5.74) is 6.48. The van der Waals surface area contributed by atoms with E-state index >= 15 is 0 Å². The van der Waals surface area contributed by atoms with Gasteiger partial charge in [0.1, 0.15) is 11.8 Å². The van der Waals surface area contributed by atoms with Crippen molar-refractivity contribution in [3.05, 3.63) is 119 Å². The summed E-state index contributed by atoms with van der Waals surface area (Å²) in [7, 11) is 0. The van der Waals surface area contributed by atoms with E-state index in [1.54, 1.807) is 11.8 Å². The molecule has 1 aromatic carbocycles. The zero-order chi connectivity index (χ0) is 33.5. The second kappa shape index (κ2) is 13.2. The van der Waals surface area contributed by atoms with Gasteiger partial charge in [-0.2, -0.15) is 5.26 Å². The Labute approximate surface area is 290 Å². The summed E-state index contributed by atoms with van der Waals surface area (Å²) < 4.78 is 1.13. The molecule has 10 heteroatoms. The van der Waals surface area contributed by atoms with E-state index in [1.807, 2.05) is 47.1 Å². The lowest BCUT2D eigenvalue weighted by Crippen LogP contribution is -2.44. The van der Waals surface area contributed by atoms with Crippen molar-refractivity contribution < 1.29 is 15.0 Å². The molecule has 3 aliphatic rings. The zero-order valence-electron chi connectivity index (χ0n) is 26.8. The summed E-state index contributed by atoms with van der Waals surface area (Å²) >= 11 is 9.43. The highest BCUT2D eigenvalue weighted by atomic mass is 35.5. The van der Waals surface area contributed by atoms with Gasteiger partial charge in [-0.3, -0.25) is 14.6 Å². The molecule has 2 unspecified atom stereocenters. The average molecular weight is 680 g/mol. The fourth-order valence-corrected chi connectivity index (χ4v) is 9.24. The minimum absolute atomic E-state index is 0.282. The van der Waals surface area contributed by atoms with Gasteiger partial charge in [-0.05, 0) is 78.4 Å². The van der Waals surface area contributed by atoms with Gasteiger partial charge >= 0.3 is 5.97 Å². The first-order valence-electron chi connectivity index (χ1n) is 16.4. The SMILES string of the molecule is CC1(Cl)C(c2ccccc2)=CC=CC1(Sc1cc(CN2CC[C@@H](O)C2)ccn1)c1ccc2c(CN3CC[C@@H](C(=O)O)C3)cc(C#N)n2c1. The molecule has 48 heavy (non-hydrogen) atoms. The van der Waals surface area contributed by atoms with Gasteiger partial charge < -0.3 is 14.6 Å². The highest BCUT2D eigenvalue weighted by molar-refractivity contribution is 8.00. The Balaban J connectivity index is 1.29. The lowest BCUT2D eigenvalue weighted by molar-refractivity contribution is -0.141. The molecular weight excluding hydrogens is 642 g/mol. The quantitative estimate of drug-likeness (QED) is 0.198. The molecule has 0 bridgehead atoms. The Kier molecular flexibility index (Phi) is 8.96. The molecule has 0 amide bonds. The smallest absolute Gasteiger partial charge is 0.307 e. The summed E-state index contributed by atoms with van der Waals surface area (Å²) in [6.45, 7) is 6.11. The molecule has 0 radical (unpaired) electrons. The Bertz CT molecular complexity index is 1950. The zero-order valence-corrected chi connectivity index (χ0v) is 28.4. The van der Waals surface area contributed by atoms with Crippen LogP contribution in [0, 0.1) is 17.2 Å². The summed E-state index contributed by atoms with van der Waals surface area (Å²) in [4.78, 5) is 19.9. The Morgan fingerprint density at radius 2 is 1.88 bits per heavy atom. The second-order valence-corrected chi connectivity index (χ2v) is 15.2. The third kappa shape index (κ3) is 6.08. The molecule has 4 atom stereocenters. The number of benzene rings is 1. The number of nitriles is 1. The number of pyridine rings is 2. The number of aliphatic hydroxyl groups excluding tert-OH is 1. The molecular formula is C38H38ClN5O3S. The molecule has 4 aromatic rings. The van der Waals surface area contributed by atoms with Crippen LogP contribution in [0.5, 0.6) is 0 Å². The predicted molar refractivity (Wildman–Crippen MR) is 189 cm³/mol. The Morgan fingerprint density at radius 3 is 2.60 bits per heavy atom. The second-order valence-electron chi connectivity index (χ2n) is 13.2. The Morgan fingerprint density at radius 1 is 1.08 bits per heavy atom. The van der Waals surface area contributed by atoms with Gasteiger partial charge in [0.05, 0.1) is 32.2 Å². The van der Waals surface area contributed by atoms with Crippen molar-refractivity contribution in [3.63, 3.8) is 0 Å². The molecule has 2 aliphatic heterocycles. The highest BCUT2D eigenvalue weighted by Gasteiger charge is 2.52. The topological polar surface area (TPSA) is 105 Å². The number of nitrogens with zero attached hydrogens (tertiary/aromatic N) is 5. The maximum absolute atomic E-state index is 11.6. The van der Waals surface area contributed by atoms with Crippen molar-refractivity contribution in [3.8, 4) is 6.07 Å². The number of allylic oxidation sites excluding steroid dienone is 3. The number of hydrogen-bond acceptors (Lipinski definition) is 7. The molecule has 2 N–H and O–H groups in total. The number of β-amino-alcohol motifs (C(OH)–C–C–N with tert-alkyl or cyclic N) is 1. The molecule has 0 spiro atoms. The van der Waals surface area contributed by atoms with Crippen LogP contribution in [0.1, 0.15) is 47.7 Å². The maximum atomic E-state index is 11.6. The van der Waals surface area contributed by atoms with Crippen molar-refractivity contribution in [2.75, 3.05) is 26.2 Å². The van der Waals surface area contributed by atoms with Crippen molar-refractivity contribution in [2.45, 2.75) is 53.6 Å². The monoisotopic (exact) mass is 679 g/mol. The van der Waals surface area contributed by atoms with Gasteiger partial charge in [0.25, 0.3) is 0 Å². The van der Waals surface area contributed by atoms with Crippen LogP contribution in [-0.4, -0.2) is 72.5 Å². The number of carboxylic acids is 1. The largest absolute Gasteiger partial charge is 0.481 e. The fraction of sp³-hybridized carbons (Fsp3) is 0.342. The first-order chi connectivity index (χ1) is 23.2. The molecule has 2 saturated heterocycles. The predicted octanol–water partition coefficient (Wildman–Crippen LogP) is 6.32. The standard InChI is InChI=1S/C38H38ClN5O3S/c1-37(39)33(27-6-3-2-4-7-27)8-5-14-38(37,48-35-18-26(11-15-41-35)21-42-17-13-32(45)25-42)30-9-10-34-29(19-31(20-40)44(34)24-30)23-43-16-12-28(22-43)36(46)47/h2-11,14-15,18-19,24,28,32,45H,12-13,16-17,21-23,25H2,1H3,(H,46,47)/t28-,32-,37?,38?/m1/s1. The van der Waals surface area contributed by atoms with E-state index in [0.717, 1.165) is 57.9 Å². The van der Waals surface area contributed by atoms with Crippen LogP contribution in [0.25, 0.3) is 11.1 Å². The van der Waals surface area contributed by atoms with E-state index in [-0.39, 0.29) is 12.0 Å². The lowest BCUT2D eigenvalue weighted by atomic mass is 9.75. The van der Waals surface area contributed by atoms with E-state index in [0.29, 0.717) is 38.3 Å². The third-order valence-electron chi connectivity index (χ3n) is 10.0. The number of thioether (sulfide) groups is 1. The third-order valence-corrected chi connectivity index (χ3v) is 12.2. The summed E-state index contributed by atoms with van der Waals surface area (Å²) in [5.74, 6) is -1.12. The maximum Gasteiger partial charge on any atom is 0.307 e. The van der Waals surface area contributed by atoms with Crippen LogP contribution in [0.2, 0.25) is 0 Å². The summed E-state index contributed by atoms with van der Waals surface area (Å²) in [6, 6.07) is 22.8. The molecule has 0 saturated carbocycles. The number of fused-ring (bicyclic) bond motifs is 1. The molecule has 246 valence electrons. The van der Waals surface area contributed by atoms with Crippen LogP contribution in [-0.2, 0) is 22.6 Å². The summed E-state index contributed by atoms with van der Waals surface area (Å²) in [5, 5.41) is 30.6. The minimum Gasteiger partial charge on any atom is -0.481 e. The van der Waals surface area contributed by atoms with Crippen molar-refractivity contribution in [2.24, 2.45) is 5.92 Å². The highest BCUT2D eigenvalue weighted by Crippen LogP contribution is 2.59. The molecule has 8 nitrogen and oxygen atoms in total. The number of aliphatic carboxylic acids is 1. The van der Waals surface area contributed by atoms with Gasteiger partial charge in [-0.25, -0.2) is 4.98 Å². The first-order valence-corrected chi connectivity index (χ1v) is 17.5. The average Bonchev–Trinajstić information content (AvgIpc) is 3.81. The number of rotatable bonds is 9. The minimum atomic E-state index is -0.928. The number of halogens is 1. The van der Waals surface area contributed by atoms with Crippen LogP contribution < -0.4 is 0 Å². The molecule has 2 fully saturated rings. The van der Waals surface area contributed by atoms with Crippen LogP contribution >= 0.6 is 23.4 Å². The van der Waals surface area contributed by atoms with Gasteiger partial charge in [0.2, 0.25) is 0 Å². The number of carbonyl (C=O) groups is 1. The van der Waals surface area contributed by atoms with Gasteiger partial charge in [-0.15, -0.1) is 11.6 Å². The molecule has 1 aliphatic carbocycles. The number of carboxylic acid groups (broad SMARTS) is 1. The fourth-order valence-electron chi connectivity index (χ4n) is 7.44. The van der Waals surface area contributed by atoms with E-state index < -0.39 is 15.6 Å². The first kappa shape index (κ1) is 32.6.